The van der Waals surface area contributed by atoms with E-state index in [9.17, 15) is 18.4 Å². The molecular formula is C25H20ClF2N3O4. The standard InChI is InChI=1S/C25H20ClF2N3O4/c1-13-23(24(32)25(33)30-16-6-7-29-22(9-16)35-3)17-10-21(34-2)19(28)11-20(17)31(13)12-14-4-5-15(26)8-18(14)27/h4-11H,12H2,1-3H3,(H,29,30,33). The van der Waals surface area contributed by atoms with E-state index in [1.807, 2.05) is 0 Å². The number of fused-ring (bicyclic) bond motifs is 1. The molecular weight excluding hydrogens is 480 g/mol. The van der Waals surface area contributed by atoms with Gasteiger partial charge < -0.3 is 19.4 Å². The molecule has 2 aromatic carbocycles. The summed E-state index contributed by atoms with van der Waals surface area (Å²) in [6.07, 6.45) is 1.42. The molecule has 0 aliphatic heterocycles. The zero-order valence-corrected chi connectivity index (χ0v) is 19.7. The lowest BCUT2D eigenvalue weighted by Crippen LogP contribution is -2.23. The van der Waals surface area contributed by atoms with Crippen LogP contribution in [0.3, 0.4) is 0 Å². The number of rotatable bonds is 7. The van der Waals surface area contributed by atoms with E-state index in [0.29, 0.717) is 22.3 Å². The van der Waals surface area contributed by atoms with Crippen molar-refractivity contribution in [2.45, 2.75) is 13.5 Å². The van der Waals surface area contributed by atoms with Gasteiger partial charge in [0.05, 0.1) is 31.8 Å². The van der Waals surface area contributed by atoms with Gasteiger partial charge in [0.15, 0.2) is 11.6 Å². The normalized spacial score (nSPS) is 10.9. The first-order valence-electron chi connectivity index (χ1n) is 10.4. The number of hydrogen-bond donors (Lipinski definition) is 1. The van der Waals surface area contributed by atoms with E-state index in [1.54, 1.807) is 11.5 Å². The highest BCUT2D eigenvalue weighted by atomic mass is 35.5. The summed E-state index contributed by atoms with van der Waals surface area (Å²) in [6, 6.07) is 9.72. The molecule has 0 saturated carbocycles. The summed E-state index contributed by atoms with van der Waals surface area (Å²) >= 11 is 5.86. The summed E-state index contributed by atoms with van der Waals surface area (Å²) in [5, 5.41) is 3.05. The maximum Gasteiger partial charge on any atom is 0.296 e. The third-order valence-electron chi connectivity index (χ3n) is 5.58. The number of nitrogens with zero attached hydrogens (tertiary/aromatic N) is 2. The van der Waals surface area contributed by atoms with Crippen LogP contribution >= 0.6 is 11.6 Å². The van der Waals surface area contributed by atoms with E-state index in [2.05, 4.69) is 10.3 Å². The van der Waals surface area contributed by atoms with Crippen LogP contribution < -0.4 is 14.8 Å². The van der Waals surface area contributed by atoms with Gasteiger partial charge in [0.25, 0.3) is 11.7 Å². The molecule has 2 aromatic heterocycles. The van der Waals surface area contributed by atoms with E-state index in [1.165, 1.54) is 62.9 Å². The Morgan fingerprint density at radius 1 is 1.06 bits per heavy atom. The van der Waals surface area contributed by atoms with Gasteiger partial charge in [-0.3, -0.25) is 9.59 Å². The molecule has 1 N–H and O–H groups in total. The van der Waals surface area contributed by atoms with E-state index >= 15 is 0 Å². The highest BCUT2D eigenvalue weighted by Crippen LogP contribution is 2.33. The Morgan fingerprint density at radius 3 is 2.51 bits per heavy atom. The zero-order valence-electron chi connectivity index (χ0n) is 19.0. The monoisotopic (exact) mass is 499 g/mol. The smallest absolute Gasteiger partial charge is 0.296 e. The first-order valence-corrected chi connectivity index (χ1v) is 10.8. The molecule has 1 amide bonds. The molecule has 0 spiro atoms. The number of aromatic nitrogens is 2. The van der Waals surface area contributed by atoms with Crippen molar-refractivity contribution in [2.75, 3.05) is 19.5 Å². The van der Waals surface area contributed by atoms with Crippen molar-refractivity contribution >= 4 is 39.9 Å². The van der Waals surface area contributed by atoms with Crippen LogP contribution in [-0.2, 0) is 11.3 Å². The lowest BCUT2D eigenvalue weighted by Gasteiger charge is -2.11. The summed E-state index contributed by atoms with van der Waals surface area (Å²) in [5.41, 5.74) is 1.29. The second-order valence-corrected chi connectivity index (χ2v) is 8.09. The number of hydrogen-bond acceptors (Lipinski definition) is 5. The first kappa shape index (κ1) is 24.2. The van der Waals surface area contributed by atoms with Crippen LogP contribution in [0.15, 0.2) is 48.7 Å². The van der Waals surface area contributed by atoms with E-state index in [4.69, 9.17) is 21.1 Å². The molecule has 0 atom stereocenters. The summed E-state index contributed by atoms with van der Waals surface area (Å²) in [7, 11) is 2.72. The maximum absolute atomic E-state index is 14.6. The number of ether oxygens (including phenoxy) is 2. The Balaban J connectivity index is 1.81. The average Bonchev–Trinajstić information content (AvgIpc) is 3.09. The fourth-order valence-electron chi connectivity index (χ4n) is 3.84. The Bertz CT molecular complexity index is 1470. The largest absolute Gasteiger partial charge is 0.494 e. The number of ketones is 1. The number of carbonyl (C=O) groups excluding carboxylic acids is 2. The molecule has 0 aliphatic carbocycles. The molecule has 4 aromatic rings. The zero-order chi connectivity index (χ0) is 25.3. The third kappa shape index (κ3) is 4.67. The van der Waals surface area contributed by atoms with E-state index in [0.717, 1.165) is 0 Å². The van der Waals surface area contributed by atoms with Gasteiger partial charge in [0, 0.05) is 45.7 Å². The Kier molecular flexibility index (Phi) is 6.70. The minimum absolute atomic E-state index is 0.0203. The van der Waals surface area contributed by atoms with Crippen LogP contribution in [-0.4, -0.2) is 35.5 Å². The van der Waals surface area contributed by atoms with Crippen molar-refractivity contribution in [3.8, 4) is 11.6 Å². The van der Waals surface area contributed by atoms with Crippen LogP contribution in [0.2, 0.25) is 5.02 Å². The van der Waals surface area contributed by atoms with Crippen LogP contribution in [0, 0.1) is 18.6 Å². The average molecular weight is 500 g/mol. The molecule has 0 aliphatic rings. The molecule has 0 unspecified atom stereocenters. The van der Waals surface area contributed by atoms with Crippen LogP contribution in [0.5, 0.6) is 11.6 Å². The predicted octanol–water partition coefficient (Wildman–Crippen LogP) is 5.16. The summed E-state index contributed by atoms with van der Waals surface area (Å²) in [4.78, 5) is 30.1. The van der Waals surface area contributed by atoms with Gasteiger partial charge in [-0.05, 0) is 31.2 Å². The predicted molar refractivity (Wildman–Crippen MR) is 127 cm³/mol. The summed E-state index contributed by atoms with van der Waals surface area (Å²) in [6.45, 7) is 1.59. The Hall–Kier alpha value is -3.98. The molecule has 0 fully saturated rings. The number of anilines is 1. The van der Waals surface area contributed by atoms with Crippen molar-refractivity contribution in [3.63, 3.8) is 0 Å². The van der Waals surface area contributed by atoms with E-state index < -0.39 is 23.3 Å². The molecule has 0 bridgehead atoms. The molecule has 0 saturated heterocycles. The second-order valence-electron chi connectivity index (χ2n) is 7.66. The molecule has 10 heteroatoms. The number of amides is 1. The topological polar surface area (TPSA) is 82.5 Å². The van der Waals surface area contributed by atoms with Crippen molar-refractivity contribution in [3.05, 3.63) is 82.1 Å². The van der Waals surface area contributed by atoms with Gasteiger partial charge in [0.2, 0.25) is 5.88 Å². The highest BCUT2D eigenvalue weighted by molar-refractivity contribution is 6.48. The summed E-state index contributed by atoms with van der Waals surface area (Å²) < 4.78 is 40.8. The number of carbonyl (C=O) groups is 2. The van der Waals surface area contributed by atoms with Crippen LogP contribution in [0.4, 0.5) is 14.5 Å². The van der Waals surface area contributed by atoms with E-state index in [-0.39, 0.29) is 34.3 Å². The van der Waals surface area contributed by atoms with Crippen LogP contribution in [0.1, 0.15) is 21.6 Å². The SMILES string of the molecule is COc1cc(NC(=O)C(=O)c2c(C)n(Cc3ccc(Cl)cc3F)c3cc(F)c(OC)cc23)ccn1. The second kappa shape index (κ2) is 9.71. The number of pyridine rings is 1. The van der Waals surface area contributed by atoms with Gasteiger partial charge >= 0.3 is 0 Å². The quantitative estimate of drug-likeness (QED) is 0.280. The van der Waals surface area contributed by atoms with Gasteiger partial charge in [-0.15, -0.1) is 0 Å². The van der Waals surface area contributed by atoms with Crippen molar-refractivity contribution in [2.24, 2.45) is 0 Å². The van der Waals surface area contributed by atoms with Gasteiger partial charge in [-0.2, -0.15) is 0 Å². The highest BCUT2D eigenvalue weighted by Gasteiger charge is 2.27. The third-order valence-corrected chi connectivity index (χ3v) is 5.81. The molecule has 4 rings (SSSR count). The molecule has 35 heavy (non-hydrogen) atoms. The number of Topliss-reactive ketones (excluding diaryl/α,β-unsaturated/α-hetero) is 1. The molecule has 180 valence electrons. The van der Waals surface area contributed by atoms with Gasteiger partial charge in [-0.1, -0.05) is 17.7 Å². The first-order chi connectivity index (χ1) is 16.7. The van der Waals surface area contributed by atoms with Crippen LogP contribution in [0.25, 0.3) is 10.9 Å². The molecule has 0 radical (unpaired) electrons. The number of methoxy groups -OCH3 is 2. The van der Waals surface area contributed by atoms with Crippen molar-refractivity contribution < 1.29 is 27.8 Å². The molecule has 2 heterocycles. The van der Waals surface area contributed by atoms with Gasteiger partial charge in [-0.25, -0.2) is 13.8 Å². The fraction of sp³-hybridized carbons (Fsp3) is 0.160. The Morgan fingerprint density at radius 2 is 1.83 bits per heavy atom. The molecule has 7 nitrogen and oxygen atoms in total. The van der Waals surface area contributed by atoms with Crippen molar-refractivity contribution in [1.29, 1.82) is 0 Å². The minimum Gasteiger partial charge on any atom is -0.494 e. The number of benzene rings is 2. The lowest BCUT2D eigenvalue weighted by atomic mass is 10.1. The van der Waals surface area contributed by atoms with Crippen molar-refractivity contribution in [1.82, 2.24) is 9.55 Å². The Labute approximate surface area is 204 Å². The maximum atomic E-state index is 14.6. The number of nitrogens with one attached hydrogen (secondary N) is 1. The minimum atomic E-state index is -0.915. The van der Waals surface area contributed by atoms with Gasteiger partial charge in [0.1, 0.15) is 5.82 Å². The fourth-order valence-corrected chi connectivity index (χ4v) is 4.00. The lowest BCUT2D eigenvalue weighted by molar-refractivity contribution is -0.112. The summed E-state index contributed by atoms with van der Waals surface area (Å²) in [5.74, 6) is -2.82. The number of halogens is 3.